The Morgan fingerprint density at radius 3 is 2.61 bits per heavy atom. The zero-order valence-corrected chi connectivity index (χ0v) is 12.6. The maximum absolute atomic E-state index is 11.9. The molecule has 1 aromatic carbocycles. The minimum Gasteiger partial charge on any atom is -0.490 e. The van der Waals surface area contributed by atoms with Gasteiger partial charge in [0.25, 0.3) is 5.91 Å². The third-order valence-electron chi connectivity index (χ3n) is 2.93. The summed E-state index contributed by atoms with van der Waals surface area (Å²) in [5, 5.41) is 5.20. The highest BCUT2D eigenvalue weighted by Crippen LogP contribution is 2.12. The van der Waals surface area contributed by atoms with Crippen molar-refractivity contribution >= 4 is 11.8 Å². The highest BCUT2D eigenvalue weighted by atomic mass is 16.5. The molecule has 0 aliphatic rings. The molecule has 0 saturated carbocycles. The van der Waals surface area contributed by atoms with E-state index in [4.69, 9.17) is 9.15 Å². The molecule has 0 aliphatic heterocycles. The van der Waals surface area contributed by atoms with E-state index >= 15 is 0 Å². The van der Waals surface area contributed by atoms with Gasteiger partial charge in [0.1, 0.15) is 18.1 Å². The van der Waals surface area contributed by atoms with Crippen molar-refractivity contribution in [3.63, 3.8) is 0 Å². The summed E-state index contributed by atoms with van der Waals surface area (Å²) in [6.45, 7) is 4.15. The van der Waals surface area contributed by atoms with Crippen LogP contribution < -0.4 is 15.4 Å². The average Bonchev–Trinajstić information content (AvgIpc) is 3.10. The van der Waals surface area contributed by atoms with Gasteiger partial charge in [0, 0.05) is 5.56 Å². The van der Waals surface area contributed by atoms with Gasteiger partial charge in [-0.15, -0.1) is 0 Å². The van der Waals surface area contributed by atoms with E-state index in [0.717, 1.165) is 0 Å². The zero-order valence-electron chi connectivity index (χ0n) is 12.6. The lowest BCUT2D eigenvalue weighted by Crippen LogP contribution is -2.36. The second-order valence-corrected chi connectivity index (χ2v) is 4.66. The van der Waals surface area contributed by atoms with Gasteiger partial charge in [0.15, 0.2) is 0 Å². The molecule has 0 saturated heterocycles. The van der Waals surface area contributed by atoms with E-state index in [1.54, 1.807) is 42.5 Å². The highest BCUT2D eigenvalue weighted by Gasteiger charge is 2.08. The van der Waals surface area contributed by atoms with E-state index in [-0.39, 0.29) is 24.9 Å². The number of hydrogen-bond acceptors (Lipinski definition) is 4. The Morgan fingerprint density at radius 2 is 1.96 bits per heavy atom. The number of amides is 2. The largest absolute Gasteiger partial charge is 0.490 e. The summed E-state index contributed by atoms with van der Waals surface area (Å²) in [5.41, 5.74) is 0.454. The van der Waals surface area contributed by atoms with E-state index in [1.807, 2.05) is 0 Å². The van der Waals surface area contributed by atoms with E-state index in [1.165, 1.54) is 6.26 Å². The molecule has 0 unspecified atom stereocenters. The number of nitrogens with one attached hydrogen (secondary N) is 2. The summed E-state index contributed by atoms with van der Waals surface area (Å²) in [4.78, 5) is 23.6. The van der Waals surface area contributed by atoms with Crippen LogP contribution in [0.5, 0.6) is 5.75 Å². The van der Waals surface area contributed by atoms with Crippen molar-refractivity contribution in [3.05, 3.63) is 66.6 Å². The minimum absolute atomic E-state index is 0.103. The Bertz CT molecular complexity index is 648. The average molecular weight is 314 g/mol. The molecule has 0 aliphatic carbocycles. The maximum atomic E-state index is 11.9. The molecular formula is C17H18N2O4. The smallest absolute Gasteiger partial charge is 0.251 e. The quantitative estimate of drug-likeness (QED) is 0.729. The van der Waals surface area contributed by atoms with Gasteiger partial charge in [-0.3, -0.25) is 9.59 Å². The molecule has 2 rings (SSSR count). The number of carbonyl (C=O) groups is 2. The molecule has 0 atom stereocenters. The first-order valence-electron chi connectivity index (χ1n) is 7.10. The Labute approximate surface area is 134 Å². The van der Waals surface area contributed by atoms with Crippen LogP contribution >= 0.6 is 0 Å². The third kappa shape index (κ3) is 5.35. The third-order valence-corrected chi connectivity index (χ3v) is 2.93. The van der Waals surface area contributed by atoms with Crippen molar-refractivity contribution in [3.8, 4) is 5.75 Å². The van der Waals surface area contributed by atoms with Crippen LogP contribution in [0.1, 0.15) is 16.1 Å². The summed E-state index contributed by atoms with van der Waals surface area (Å²) in [6.07, 6.45) is 3.17. The molecule has 0 bridgehead atoms. The fraction of sp³-hybridized carbons (Fsp3) is 0.176. The summed E-state index contributed by atoms with van der Waals surface area (Å²) in [7, 11) is 0. The van der Waals surface area contributed by atoms with Crippen LogP contribution in [0, 0.1) is 0 Å². The molecule has 6 heteroatoms. The van der Waals surface area contributed by atoms with Gasteiger partial charge in [-0.05, 0) is 36.4 Å². The normalized spacial score (nSPS) is 9.91. The van der Waals surface area contributed by atoms with Crippen LogP contribution in [0.4, 0.5) is 0 Å². The van der Waals surface area contributed by atoms with Crippen molar-refractivity contribution < 1.29 is 18.7 Å². The van der Waals surface area contributed by atoms with Gasteiger partial charge in [-0.2, -0.15) is 0 Å². The van der Waals surface area contributed by atoms with Gasteiger partial charge >= 0.3 is 0 Å². The van der Waals surface area contributed by atoms with Gasteiger partial charge in [0.2, 0.25) is 5.91 Å². The van der Waals surface area contributed by atoms with Crippen molar-refractivity contribution in [2.45, 2.75) is 6.54 Å². The first kappa shape index (κ1) is 16.4. The van der Waals surface area contributed by atoms with Crippen LogP contribution in [-0.4, -0.2) is 25.0 Å². The fourth-order valence-electron chi connectivity index (χ4n) is 1.78. The summed E-state index contributed by atoms with van der Waals surface area (Å²) >= 11 is 0. The van der Waals surface area contributed by atoms with Crippen LogP contribution in [0.2, 0.25) is 0 Å². The number of furan rings is 1. The van der Waals surface area contributed by atoms with Gasteiger partial charge in [-0.25, -0.2) is 0 Å². The summed E-state index contributed by atoms with van der Waals surface area (Å²) < 4.78 is 10.4. The first-order chi connectivity index (χ1) is 11.2. The van der Waals surface area contributed by atoms with Gasteiger partial charge in [0.05, 0.1) is 19.4 Å². The molecule has 2 amide bonds. The second-order valence-electron chi connectivity index (χ2n) is 4.66. The van der Waals surface area contributed by atoms with Crippen LogP contribution in [0.15, 0.2) is 59.7 Å². The number of hydrogen-bond donors (Lipinski definition) is 2. The predicted molar refractivity (Wildman–Crippen MR) is 85.0 cm³/mol. The Morgan fingerprint density at radius 1 is 1.17 bits per heavy atom. The lowest BCUT2D eigenvalue weighted by molar-refractivity contribution is -0.120. The van der Waals surface area contributed by atoms with Crippen LogP contribution in [0.25, 0.3) is 0 Å². The van der Waals surface area contributed by atoms with E-state index in [9.17, 15) is 9.59 Å². The number of carbonyl (C=O) groups excluding carboxylic acids is 2. The fourth-order valence-corrected chi connectivity index (χ4v) is 1.78. The first-order valence-corrected chi connectivity index (χ1v) is 7.10. The lowest BCUT2D eigenvalue weighted by Gasteiger charge is -2.07. The molecule has 23 heavy (non-hydrogen) atoms. The highest BCUT2D eigenvalue weighted by molar-refractivity contribution is 5.96. The standard InChI is InChI=1S/C17H18N2O4/c1-2-9-22-14-7-5-13(6-8-14)17(21)19-12-16(20)18-11-15-4-3-10-23-15/h2-8,10H,1,9,11-12H2,(H,18,20)(H,19,21). The molecule has 120 valence electrons. The van der Waals surface area contributed by atoms with Gasteiger partial charge < -0.3 is 19.8 Å². The SMILES string of the molecule is C=CCOc1ccc(C(=O)NCC(=O)NCc2ccco2)cc1. The van der Waals surface area contributed by atoms with Crippen molar-refractivity contribution in [2.24, 2.45) is 0 Å². The topological polar surface area (TPSA) is 80.6 Å². The van der Waals surface area contributed by atoms with Crippen LogP contribution in [0.3, 0.4) is 0 Å². The zero-order chi connectivity index (χ0) is 16.5. The van der Waals surface area contributed by atoms with Crippen molar-refractivity contribution in [1.29, 1.82) is 0 Å². The van der Waals surface area contributed by atoms with Crippen molar-refractivity contribution in [1.82, 2.24) is 10.6 Å². The van der Waals surface area contributed by atoms with E-state index in [2.05, 4.69) is 17.2 Å². The minimum atomic E-state index is -0.326. The molecular weight excluding hydrogens is 296 g/mol. The number of ether oxygens (including phenoxy) is 1. The van der Waals surface area contributed by atoms with Gasteiger partial charge in [-0.1, -0.05) is 12.7 Å². The Balaban J connectivity index is 1.75. The predicted octanol–water partition coefficient (Wildman–Crippen LogP) is 1.89. The van der Waals surface area contributed by atoms with Crippen molar-refractivity contribution in [2.75, 3.05) is 13.2 Å². The molecule has 1 heterocycles. The monoisotopic (exact) mass is 314 g/mol. The molecule has 0 radical (unpaired) electrons. The maximum Gasteiger partial charge on any atom is 0.251 e. The van der Waals surface area contributed by atoms with Crippen LogP contribution in [-0.2, 0) is 11.3 Å². The number of benzene rings is 1. The molecule has 2 N–H and O–H groups in total. The van der Waals surface area contributed by atoms with E-state index < -0.39 is 0 Å². The summed E-state index contributed by atoms with van der Waals surface area (Å²) in [6, 6.07) is 10.1. The molecule has 0 fully saturated rings. The number of rotatable bonds is 8. The molecule has 0 spiro atoms. The lowest BCUT2D eigenvalue weighted by atomic mass is 10.2. The van der Waals surface area contributed by atoms with E-state index in [0.29, 0.717) is 23.7 Å². The Kier molecular flexibility index (Phi) is 5.99. The molecule has 6 nitrogen and oxygen atoms in total. The second kappa shape index (κ2) is 8.43. The Hall–Kier alpha value is -3.02. The summed E-state index contributed by atoms with van der Waals surface area (Å²) in [5.74, 6) is 0.687. The molecule has 2 aromatic rings. The molecule has 1 aromatic heterocycles.